The van der Waals surface area contributed by atoms with Gasteiger partial charge in [0.2, 0.25) is 0 Å². The Balaban J connectivity index is -0.0000000457. The molecular formula is C4H10MgN2O5. The van der Waals surface area contributed by atoms with E-state index in [2.05, 4.69) is 11.5 Å². The number of carboxylic acids is 2. The average Bonchev–Trinajstić information content (AvgIpc) is 1.89. The molecular weight excluding hydrogens is 180 g/mol. The van der Waals surface area contributed by atoms with Gasteiger partial charge >= 0.3 is 23.1 Å². The second kappa shape index (κ2) is 16.9. The molecule has 0 bridgehead atoms. The summed E-state index contributed by atoms with van der Waals surface area (Å²) in [6.07, 6.45) is 0. The minimum Gasteiger partial charge on any atom is -0.549 e. The first-order chi connectivity index (χ1) is 4.54. The van der Waals surface area contributed by atoms with Crippen molar-refractivity contribution in [2.24, 2.45) is 11.5 Å². The fraction of sp³-hybridized carbons (Fsp3) is 0.500. The third kappa shape index (κ3) is 55.0. The fourth-order valence-electron chi connectivity index (χ4n) is 0. The summed E-state index contributed by atoms with van der Waals surface area (Å²) in [7, 11) is 0. The zero-order valence-electron chi connectivity index (χ0n) is 6.41. The van der Waals surface area contributed by atoms with Crippen molar-refractivity contribution in [3.05, 3.63) is 0 Å². The number of aliphatic carboxylic acids is 2. The number of carbonyl (C=O) groups is 2. The van der Waals surface area contributed by atoms with Crippen molar-refractivity contribution in [1.82, 2.24) is 0 Å². The van der Waals surface area contributed by atoms with E-state index in [1.807, 2.05) is 0 Å². The summed E-state index contributed by atoms with van der Waals surface area (Å²) < 4.78 is 0. The van der Waals surface area contributed by atoms with Crippen LogP contribution in [0.15, 0.2) is 0 Å². The summed E-state index contributed by atoms with van der Waals surface area (Å²) in [5, 5.41) is 18.3. The van der Waals surface area contributed by atoms with Gasteiger partial charge in [-0.2, -0.15) is 0 Å². The van der Waals surface area contributed by atoms with Crippen LogP contribution in [0.4, 0.5) is 0 Å². The van der Waals surface area contributed by atoms with Crippen molar-refractivity contribution in [1.29, 1.82) is 0 Å². The molecule has 0 saturated heterocycles. The first-order valence-electron chi connectivity index (χ1n) is 2.34. The molecule has 0 atom stereocenters. The van der Waals surface area contributed by atoms with Crippen LogP contribution in [0.25, 0.3) is 0 Å². The van der Waals surface area contributed by atoms with Gasteiger partial charge < -0.3 is 36.7 Å². The number of nitrogens with two attached hydrogens (primary N) is 2. The molecule has 0 aliphatic carbocycles. The van der Waals surface area contributed by atoms with Gasteiger partial charge in [-0.1, -0.05) is 0 Å². The summed E-state index contributed by atoms with van der Waals surface area (Å²) in [6.45, 7) is -0.778. The van der Waals surface area contributed by atoms with Gasteiger partial charge in [-0.3, -0.25) is 0 Å². The molecule has 0 aromatic heterocycles. The standard InChI is InChI=1S/2C2H5NO2.Mg.H2O/c2*3-1-2(4)5;;/h2*1,3H2,(H,4,5);;1H2/q;;+2;/p-2. The van der Waals surface area contributed by atoms with E-state index in [0.29, 0.717) is 0 Å². The zero-order chi connectivity index (χ0) is 8.57. The molecule has 0 aromatic carbocycles. The van der Waals surface area contributed by atoms with Crippen molar-refractivity contribution < 1.29 is 25.3 Å². The molecule has 68 valence electrons. The van der Waals surface area contributed by atoms with E-state index in [-0.39, 0.29) is 41.6 Å². The van der Waals surface area contributed by atoms with Gasteiger partial charge in [0.15, 0.2) is 0 Å². The van der Waals surface area contributed by atoms with Gasteiger partial charge in [0.1, 0.15) is 0 Å². The molecule has 0 rings (SSSR count). The van der Waals surface area contributed by atoms with Crippen LogP contribution in [-0.2, 0) is 9.59 Å². The molecule has 8 heteroatoms. The summed E-state index contributed by atoms with van der Waals surface area (Å²) in [5.74, 6) is -2.44. The molecule has 0 saturated carbocycles. The van der Waals surface area contributed by atoms with Gasteiger partial charge in [0.05, 0.1) is 11.9 Å². The monoisotopic (exact) mass is 190 g/mol. The molecule has 0 radical (unpaired) electrons. The van der Waals surface area contributed by atoms with E-state index in [1.165, 1.54) is 0 Å². The molecule has 12 heavy (non-hydrogen) atoms. The van der Waals surface area contributed by atoms with E-state index < -0.39 is 11.9 Å². The number of hydrogen-bond donors (Lipinski definition) is 2. The molecule has 0 heterocycles. The summed E-state index contributed by atoms with van der Waals surface area (Å²) >= 11 is 0. The number of carboxylic acid groups (broad SMARTS) is 2. The molecule has 0 aliphatic heterocycles. The second-order valence-corrected chi connectivity index (χ2v) is 1.15. The van der Waals surface area contributed by atoms with Crippen LogP contribution in [0.5, 0.6) is 0 Å². The smallest absolute Gasteiger partial charge is 0.549 e. The Morgan fingerprint density at radius 3 is 1.08 bits per heavy atom. The molecule has 0 aromatic rings. The SMILES string of the molecule is NCC(=O)[O-].NCC(=O)[O-].O.[Mg+2]. The molecule has 0 amide bonds. The minimum absolute atomic E-state index is 0. The van der Waals surface area contributed by atoms with Crippen molar-refractivity contribution >= 4 is 35.0 Å². The first kappa shape index (κ1) is 22.6. The van der Waals surface area contributed by atoms with E-state index in [4.69, 9.17) is 19.8 Å². The molecule has 0 spiro atoms. The summed E-state index contributed by atoms with van der Waals surface area (Å²) in [4.78, 5) is 18.3. The summed E-state index contributed by atoms with van der Waals surface area (Å²) in [6, 6.07) is 0. The Morgan fingerprint density at radius 1 is 1.00 bits per heavy atom. The van der Waals surface area contributed by atoms with Crippen molar-refractivity contribution in [3.63, 3.8) is 0 Å². The number of rotatable bonds is 2. The van der Waals surface area contributed by atoms with Gasteiger partial charge in [-0.05, 0) is 0 Å². The normalized spacial score (nSPS) is 6.17. The predicted octanol–water partition coefficient (Wildman–Crippen LogP) is -5.82. The van der Waals surface area contributed by atoms with Crippen LogP contribution in [0, 0.1) is 0 Å². The van der Waals surface area contributed by atoms with E-state index in [9.17, 15) is 0 Å². The maximum absolute atomic E-state index is 9.13. The van der Waals surface area contributed by atoms with E-state index in [0.717, 1.165) is 0 Å². The molecule has 0 fully saturated rings. The molecule has 0 unspecified atom stereocenters. The topological polar surface area (TPSA) is 164 Å². The Labute approximate surface area is 85.2 Å². The maximum atomic E-state index is 9.13. The summed E-state index contributed by atoms with van der Waals surface area (Å²) in [5.41, 5.74) is 9.02. The van der Waals surface area contributed by atoms with Crippen molar-refractivity contribution in [2.45, 2.75) is 0 Å². The van der Waals surface area contributed by atoms with Gasteiger partial charge in [0.25, 0.3) is 0 Å². The van der Waals surface area contributed by atoms with Crippen molar-refractivity contribution in [3.8, 4) is 0 Å². The van der Waals surface area contributed by atoms with Gasteiger partial charge in [-0.25, -0.2) is 0 Å². The Kier molecular flexibility index (Phi) is 31.8. The van der Waals surface area contributed by atoms with Crippen LogP contribution in [0.1, 0.15) is 0 Å². The van der Waals surface area contributed by atoms with E-state index >= 15 is 0 Å². The fourth-order valence-corrected chi connectivity index (χ4v) is 0. The second-order valence-electron chi connectivity index (χ2n) is 1.15. The van der Waals surface area contributed by atoms with Crippen LogP contribution in [0.3, 0.4) is 0 Å². The first-order valence-corrected chi connectivity index (χ1v) is 2.34. The minimum atomic E-state index is -1.22. The Bertz CT molecular complexity index is 106. The zero-order valence-corrected chi connectivity index (χ0v) is 7.82. The Hall–Kier alpha value is -0.414. The van der Waals surface area contributed by atoms with E-state index in [1.54, 1.807) is 0 Å². The van der Waals surface area contributed by atoms with Crippen LogP contribution < -0.4 is 21.7 Å². The van der Waals surface area contributed by atoms with Crippen LogP contribution in [-0.4, -0.2) is 53.6 Å². The molecule has 7 nitrogen and oxygen atoms in total. The third-order valence-electron chi connectivity index (χ3n) is 0.333. The quantitative estimate of drug-likeness (QED) is 0.412. The number of carbonyl (C=O) groups excluding carboxylic acids is 2. The molecule has 0 aliphatic rings. The van der Waals surface area contributed by atoms with Crippen LogP contribution in [0.2, 0.25) is 0 Å². The largest absolute Gasteiger partial charge is 2.00 e. The van der Waals surface area contributed by atoms with Crippen LogP contribution >= 0.6 is 0 Å². The van der Waals surface area contributed by atoms with Gasteiger partial charge in [0, 0.05) is 13.1 Å². The Morgan fingerprint density at radius 2 is 1.08 bits per heavy atom. The third-order valence-corrected chi connectivity index (χ3v) is 0.333. The maximum Gasteiger partial charge on any atom is 2.00 e. The average molecular weight is 190 g/mol. The van der Waals surface area contributed by atoms with Crippen molar-refractivity contribution in [2.75, 3.05) is 13.1 Å². The van der Waals surface area contributed by atoms with Gasteiger partial charge in [-0.15, -0.1) is 0 Å². The predicted molar refractivity (Wildman–Crippen MR) is 37.5 cm³/mol. The number of hydrogen-bond acceptors (Lipinski definition) is 6. The molecule has 6 N–H and O–H groups in total.